The normalized spacial score (nSPS) is 29.0. The van der Waals surface area contributed by atoms with Crippen LogP contribution >= 0.6 is 11.6 Å². The van der Waals surface area contributed by atoms with Crippen LogP contribution in [0, 0.1) is 23.7 Å². The van der Waals surface area contributed by atoms with E-state index in [0.29, 0.717) is 28.2 Å². The van der Waals surface area contributed by atoms with Crippen LogP contribution in [-0.2, 0) is 14.4 Å². The molecule has 5 rings (SSSR count). The van der Waals surface area contributed by atoms with Crippen LogP contribution < -0.4 is 5.32 Å². The van der Waals surface area contributed by atoms with Gasteiger partial charge in [-0.25, -0.2) is 0 Å². The fraction of sp³-hybridized carbons (Fsp3) is 0.500. The molecule has 1 saturated heterocycles. The Morgan fingerprint density at radius 1 is 1.21 bits per heavy atom. The molecule has 2 aliphatic carbocycles. The molecule has 2 heterocycles. The molecule has 2 aromatic rings. The SMILES string of the molecule is C[C@H](NC(=O)CCN1C(=O)[C@@H]2[C@H]3CC[C@@H](C3)[C@@H]2C1=O)c1cc2cc(Cl)ccc2o1. The molecular weight excluding hydrogens is 392 g/mol. The first-order chi connectivity index (χ1) is 13.9. The molecule has 1 aliphatic heterocycles. The van der Waals surface area contributed by atoms with Crippen molar-refractivity contribution in [2.24, 2.45) is 23.7 Å². The number of halogens is 1. The molecule has 0 spiro atoms. The van der Waals surface area contributed by atoms with Gasteiger partial charge in [0.2, 0.25) is 17.7 Å². The topological polar surface area (TPSA) is 79.6 Å². The van der Waals surface area contributed by atoms with E-state index in [1.165, 1.54) is 4.90 Å². The van der Waals surface area contributed by atoms with Gasteiger partial charge in [0.25, 0.3) is 0 Å². The largest absolute Gasteiger partial charge is 0.459 e. The molecule has 2 bridgehead atoms. The van der Waals surface area contributed by atoms with Gasteiger partial charge in [0.05, 0.1) is 17.9 Å². The third kappa shape index (κ3) is 3.05. The Morgan fingerprint density at radius 2 is 1.90 bits per heavy atom. The van der Waals surface area contributed by atoms with E-state index in [0.717, 1.165) is 24.6 Å². The lowest BCUT2D eigenvalue weighted by atomic mass is 9.81. The highest BCUT2D eigenvalue weighted by atomic mass is 35.5. The van der Waals surface area contributed by atoms with Crippen molar-refractivity contribution in [2.75, 3.05) is 6.54 Å². The van der Waals surface area contributed by atoms with Gasteiger partial charge in [-0.1, -0.05) is 11.6 Å². The minimum atomic E-state index is -0.325. The highest BCUT2D eigenvalue weighted by Crippen LogP contribution is 2.56. The monoisotopic (exact) mass is 414 g/mol. The smallest absolute Gasteiger partial charge is 0.233 e. The number of likely N-dealkylation sites (tertiary alicyclic amines) is 1. The number of rotatable bonds is 5. The Bertz CT molecular complexity index is 987. The molecule has 0 radical (unpaired) electrons. The van der Waals surface area contributed by atoms with Crippen LogP contribution in [0.3, 0.4) is 0 Å². The van der Waals surface area contributed by atoms with Crippen LogP contribution in [-0.4, -0.2) is 29.2 Å². The Hall–Kier alpha value is -2.34. The maximum Gasteiger partial charge on any atom is 0.233 e. The number of nitrogens with zero attached hydrogens (tertiary/aromatic N) is 1. The van der Waals surface area contributed by atoms with Crippen molar-refractivity contribution in [3.63, 3.8) is 0 Å². The summed E-state index contributed by atoms with van der Waals surface area (Å²) in [4.78, 5) is 39.2. The summed E-state index contributed by atoms with van der Waals surface area (Å²) in [5.41, 5.74) is 0.708. The molecule has 2 saturated carbocycles. The summed E-state index contributed by atoms with van der Waals surface area (Å²) in [6, 6.07) is 6.90. The third-order valence-corrected chi connectivity index (χ3v) is 7.12. The highest BCUT2D eigenvalue weighted by Gasteiger charge is 2.60. The zero-order chi connectivity index (χ0) is 20.3. The second-order valence-corrected chi connectivity index (χ2v) is 9.02. The van der Waals surface area contributed by atoms with Crippen LogP contribution in [0.1, 0.15) is 44.4 Å². The van der Waals surface area contributed by atoms with Gasteiger partial charge in [-0.05, 0) is 62.3 Å². The fourth-order valence-corrected chi connectivity index (χ4v) is 5.72. The molecule has 1 aromatic carbocycles. The second-order valence-electron chi connectivity index (χ2n) is 8.58. The summed E-state index contributed by atoms with van der Waals surface area (Å²) in [7, 11) is 0. The van der Waals surface area contributed by atoms with Gasteiger partial charge < -0.3 is 9.73 Å². The number of nitrogens with one attached hydrogen (secondary N) is 1. The number of fused-ring (bicyclic) bond motifs is 6. The standard InChI is InChI=1S/C22H23ClN2O4/c1-11(17-10-14-9-15(23)4-5-16(14)29-17)24-18(26)6-7-25-21(27)19-12-2-3-13(8-12)20(19)22(25)28/h4-5,9-13,19-20H,2-3,6-8H2,1H3,(H,24,26)/t11-,12-,13-,19-,20+/m0/s1. The van der Waals surface area contributed by atoms with Crippen molar-refractivity contribution in [3.8, 4) is 0 Å². The summed E-state index contributed by atoms with van der Waals surface area (Å²) >= 11 is 6.00. The van der Waals surface area contributed by atoms with E-state index >= 15 is 0 Å². The Morgan fingerprint density at radius 3 is 2.59 bits per heavy atom. The number of amides is 3. The molecule has 3 amide bonds. The van der Waals surface area contributed by atoms with Gasteiger partial charge in [0.1, 0.15) is 11.3 Å². The number of carbonyl (C=O) groups is 3. The summed E-state index contributed by atoms with van der Waals surface area (Å²) in [5.74, 6) is 0.746. The Balaban J connectivity index is 1.20. The number of hydrogen-bond donors (Lipinski definition) is 1. The van der Waals surface area contributed by atoms with Crippen LogP contribution in [0.2, 0.25) is 5.02 Å². The summed E-state index contributed by atoms with van der Waals surface area (Å²) < 4.78 is 5.79. The average molecular weight is 415 g/mol. The molecule has 6 nitrogen and oxygen atoms in total. The molecule has 152 valence electrons. The van der Waals surface area contributed by atoms with Crippen LogP contribution in [0.5, 0.6) is 0 Å². The van der Waals surface area contributed by atoms with Crippen LogP contribution in [0.25, 0.3) is 11.0 Å². The number of benzene rings is 1. The lowest BCUT2D eigenvalue weighted by Crippen LogP contribution is -2.37. The lowest BCUT2D eigenvalue weighted by molar-refractivity contribution is -0.141. The summed E-state index contributed by atoms with van der Waals surface area (Å²) in [6.45, 7) is 1.99. The van der Waals surface area contributed by atoms with Crippen molar-refractivity contribution in [2.45, 2.75) is 38.6 Å². The predicted octanol–water partition coefficient (Wildman–Crippen LogP) is 3.68. The summed E-state index contributed by atoms with van der Waals surface area (Å²) in [6.07, 6.45) is 3.23. The Kier molecular flexibility index (Phi) is 4.42. The average Bonchev–Trinajstić information content (AvgIpc) is 3.43. The van der Waals surface area contributed by atoms with Crippen molar-refractivity contribution in [3.05, 3.63) is 35.0 Å². The molecule has 1 aromatic heterocycles. The highest BCUT2D eigenvalue weighted by molar-refractivity contribution is 6.31. The molecule has 7 heteroatoms. The molecule has 5 atom stereocenters. The van der Waals surface area contributed by atoms with E-state index in [-0.39, 0.29) is 48.6 Å². The number of carbonyl (C=O) groups excluding carboxylic acids is 3. The number of furan rings is 1. The van der Waals surface area contributed by atoms with E-state index in [1.54, 1.807) is 12.1 Å². The zero-order valence-corrected chi connectivity index (χ0v) is 16.9. The van der Waals surface area contributed by atoms with Crippen molar-refractivity contribution < 1.29 is 18.8 Å². The minimum Gasteiger partial charge on any atom is -0.459 e. The predicted molar refractivity (Wildman–Crippen MR) is 107 cm³/mol. The van der Waals surface area contributed by atoms with Crippen molar-refractivity contribution in [1.82, 2.24) is 10.2 Å². The van der Waals surface area contributed by atoms with E-state index in [9.17, 15) is 14.4 Å². The van der Waals surface area contributed by atoms with Gasteiger partial charge >= 0.3 is 0 Å². The lowest BCUT2D eigenvalue weighted by Gasteiger charge is -2.19. The van der Waals surface area contributed by atoms with Crippen LogP contribution in [0.4, 0.5) is 0 Å². The van der Waals surface area contributed by atoms with Gasteiger partial charge in [-0.2, -0.15) is 0 Å². The van der Waals surface area contributed by atoms with E-state index < -0.39 is 0 Å². The first kappa shape index (κ1) is 18.7. The van der Waals surface area contributed by atoms with Gasteiger partial charge in [-0.15, -0.1) is 0 Å². The quantitative estimate of drug-likeness (QED) is 0.757. The molecule has 0 unspecified atom stereocenters. The summed E-state index contributed by atoms with van der Waals surface area (Å²) in [5, 5.41) is 4.39. The van der Waals surface area contributed by atoms with E-state index in [1.807, 2.05) is 19.1 Å². The van der Waals surface area contributed by atoms with E-state index in [2.05, 4.69) is 5.32 Å². The van der Waals surface area contributed by atoms with Crippen LogP contribution in [0.15, 0.2) is 28.7 Å². The minimum absolute atomic E-state index is 0.0674. The van der Waals surface area contributed by atoms with Gasteiger partial charge in [0.15, 0.2) is 0 Å². The molecule has 1 N–H and O–H groups in total. The van der Waals surface area contributed by atoms with Gasteiger partial charge in [0, 0.05) is 23.4 Å². The third-order valence-electron chi connectivity index (χ3n) is 6.88. The maximum atomic E-state index is 12.7. The molecule has 3 fully saturated rings. The first-order valence-electron chi connectivity index (χ1n) is 10.3. The number of hydrogen-bond acceptors (Lipinski definition) is 4. The molecule has 3 aliphatic rings. The van der Waals surface area contributed by atoms with Gasteiger partial charge in [-0.3, -0.25) is 19.3 Å². The second kappa shape index (κ2) is 6.87. The fourth-order valence-electron chi connectivity index (χ4n) is 5.54. The molecule has 29 heavy (non-hydrogen) atoms. The number of imide groups is 1. The first-order valence-corrected chi connectivity index (χ1v) is 10.6. The zero-order valence-electron chi connectivity index (χ0n) is 16.2. The van der Waals surface area contributed by atoms with E-state index in [4.69, 9.17) is 16.0 Å². The Labute approximate surface area is 173 Å². The van der Waals surface area contributed by atoms with Crippen molar-refractivity contribution >= 4 is 40.3 Å². The maximum absolute atomic E-state index is 12.7. The molecular formula is C22H23ClN2O4. The van der Waals surface area contributed by atoms with Crippen molar-refractivity contribution in [1.29, 1.82) is 0 Å².